The number of anilines is 1. The number of benzene rings is 1. The second-order valence-electron chi connectivity index (χ2n) is 7.98. The van der Waals surface area contributed by atoms with Crippen molar-refractivity contribution in [3.8, 4) is 0 Å². The van der Waals surface area contributed by atoms with E-state index in [0.29, 0.717) is 12.1 Å². The van der Waals surface area contributed by atoms with Crippen molar-refractivity contribution >= 4 is 11.8 Å². The van der Waals surface area contributed by atoms with Gasteiger partial charge in [-0.15, -0.1) is 0 Å². The van der Waals surface area contributed by atoms with Crippen LogP contribution in [0.25, 0.3) is 0 Å². The highest BCUT2D eigenvalue weighted by Gasteiger charge is 2.30. The predicted octanol–water partition coefficient (Wildman–Crippen LogP) is 3.25. The number of likely N-dealkylation sites (tertiary alicyclic amines) is 1. The van der Waals surface area contributed by atoms with Gasteiger partial charge in [-0.3, -0.25) is 0 Å². The van der Waals surface area contributed by atoms with Crippen molar-refractivity contribution in [3.63, 3.8) is 0 Å². The van der Waals surface area contributed by atoms with Gasteiger partial charge in [-0.05, 0) is 69.7 Å². The molecule has 5 nitrogen and oxygen atoms in total. The van der Waals surface area contributed by atoms with E-state index in [1.165, 1.54) is 11.1 Å². The molecule has 0 aromatic heterocycles. The molecule has 2 atom stereocenters. The number of hydrogen-bond acceptors (Lipinski definition) is 4. The summed E-state index contributed by atoms with van der Waals surface area (Å²) in [5.74, 6) is 0. The van der Waals surface area contributed by atoms with Crippen molar-refractivity contribution in [2.75, 3.05) is 18.8 Å². The Morgan fingerprint density at radius 2 is 2.12 bits per heavy atom. The lowest BCUT2D eigenvalue weighted by Crippen LogP contribution is -2.49. The number of nitrogens with two attached hydrogens (primary N) is 1. The minimum absolute atomic E-state index is 0.200. The molecule has 132 valence electrons. The maximum atomic E-state index is 12.3. The normalized spacial score (nSPS) is 23.9. The van der Waals surface area contributed by atoms with Crippen molar-refractivity contribution in [2.24, 2.45) is 0 Å². The van der Waals surface area contributed by atoms with Crippen LogP contribution in [0.2, 0.25) is 0 Å². The van der Waals surface area contributed by atoms with Gasteiger partial charge in [0.1, 0.15) is 5.60 Å². The van der Waals surface area contributed by atoms with Crippen LogP contribution >= 0.6 is 0 Å². The highest BCUT2D eigenvalue weighted by Crippen LogP contribution is 2.33. The smallest absolute Gasteiger partial charge is 0.410 e. The molecular weight excluding hydrogens is 302 g/mol. The third kappa shape index (κ3) is 4.01. The van der Waals surface area contributed by atoms with E-state index in [-0.39, 0.29) is 6.09 Å². The molecule has 1 fully saturated rings. The molecule has 5 heteroatoms. The molecule has 1 saturated heterocycles. The lowest BCUT2D eigenvalue weighted by molar-refractivity contribution is 0.0183. The second kappa shape index (κ2) is 6.63. The van der Waals surface area contributed by atoms with Crippen LogP contribution in [0.5, 0.6) is 0 Å². The minimum Gasteiger partial charge on any atom is -0.444 e. The molecule has 1 aromatic rings. The molecule has 24 heavy (non-hydrogen) atoms. The third-order valence-corrected chi connectivity index (χ3v) is 4.75. The van der Waals surface area contributed by atoms with Crippen LogP contribution in [0.1, 0.15) is 57.2 Å². The van der Waals surface area contributed by atoms with E-state index in [1.807, 2.05) is 31.7 Å². The summed E-state index contributed by atoms with van der Waals surface area (Å²) >= 11 is 0. The molecule has 0 spiro atoms. The summed E-state index contributed by atoms with van der Waals surface area (Å²) in [7, 11) is 0. The summed E-state index contributed by atoms with van der Waals surface area (Å²) in [4.78, 5) is 14.1. The second-order valence-corrected chi connectivity index (χ2v) is 7.98. The van der Waals surface area contributed by atoms with Crippen molar-refractivity contribution < 1.29 is 9.53 Å². The fourth-order valence-corrected chi connectivity index (χ4v) is 3.70. The first-order valence-electron chi connectivity index (χ1n) is 8.94. The van der Waals surface area contributed by atoms with Crippen molar-refractivity contribution in [1.82, 2.24) is 10.2 Å². The van der Waals surface area contributed by atoms with Crippen molar-refractivity contribution in [1.29, 1.82) is 0 Å². The lowest BCUT2D eigenvalue weighted by Gasteiger charge is -2.35. The Bertz CT molecular complexity index is 609. The van der Waals surface area contributed by atoms with Crippen LogP contribution in [0.4, 0.5) is 10.5 Å². The molecule has 0 bridgehead atoms. The van der Waals surface area contributed by atoms with Gasteiger partial charge in [0.25, 0.3) is 0 Å². The van der Waals surface area contributed by atoms with Crippen LogP contribution < -0.4 is 11.1 Å². The number of rotatable bonds is 2. The quantitative estimate of drug-likeness (QED) is 0.816. The number of aryl methyl sites for hydroxylation is 1. The maximum absolute atomic E-state index is 12.3. The average molecular weight is 331 g/mol. The molecule has 1 aliphatic carbocycles. The lowest BCUT2D eigenvalue weighted by atomic mass is 10.0. The van der Waals surface area contributed by atoms with Crippen LogP contribution in [-0.2, 0) is 11.2 Å². The van der Waals surface area contributed by atoms with E-state index >= 15 is 0 Å². The Balaban J connectivity index is 1.60. The molecule has 0 radical (unpaired) electrons. The van der Waals surface area contributed by atoms with Gasteiger partial charge in [0.15, 0.2) is 0 Å². The SMILES string of the molecule is CC(C)(C)OC(=O)N1CCCC(NC2CCc3cc(N)ccc32)C1. The van der Waals surface area contributed by atoms with Gasteiger partial charge in [-0.1, -0.05) is 6.07 Å². The zero-order chi connectivity index (χ0) is 17.3. The topological polar surface area (TPSA) is 67.6 Å². The third-order valence-electron chi connectivity index (χ3n) is 4.75. The number of hydrogen-bond donors (Lipinski definition) is 2. The van der Waals surface area contributed by atoms with Crippen molar-refractivity contribution in [3.05, 3.63) is 29.3 Å². The Hall–Kier alpha value is -1.75. The standard InChI is InChI=1S/C19H29N3O2/c1-19(2,3)24-18(23)22-10-4-5-15(12-22)21-17-9-6-13-11-14(20)7-8-16(13)17/h7-8,11,15,17,21H,4-6,9-10,12,20H2,1-3H3. The van der Waals surface area contributed by atoms with E-state index in [9.17, 15) is 4.79 Å². The van der Waals surface area contributed by atoms with E-state index < -0.39 is 5.60 Å². The van der Waals surface area contributed by atoms with Gasteiger partial charge in [0, 0.05) is 30.9 Å². The highest BCUT2D eigenvalue weighted by atomic mass is 16.6. The summed E-state index contributed by atoms with van der Waals surface area (Å²) in [5, 5.41) is 3.75. The molecule has 1 aliphatic heterocycles. The molecule has 1 aromatic carbocycles. The zero-order valence-electron chi connectivity index (χ0n) is 15.0. The minimum atomic E-state index is -0.443. The Morgan fingerprint density at radius 1 is 1.33 bits per heavy atom. The molecule has 2 unspecified atom stereocenters. The van der Waals surface area contributed by atoms with E-state index in [1.54, 1.807) is 0 Å². The summed E-state index contributed by atoms with van der Waals surface area (Å²) < 4.78 is 5.51. The number of carbonyl (C=O) groups excluding carboxylic acids is 1. The fraction of sp³-hybridized carbons (Fsp3) is 0.632. The predicted molar refractivity (Wildman–Crippen MR) is 95.9 cm³/mol. The zero-order valence-corrected chi connectivity index (χ0v) is 15.0. The summed E-state index contributed by atoms with van der Waals surface area (Å²) in [6.07, 6.45) is 4.08. The van der Waals surface area contributed by atoms with E-state index in [0.717, 1.165) is 44.5 Å². The monoisotopic (exact) mass is 331 g/mol. The van der Waals surface area contributed by atoms with Gasteiger partial charge in [0.2, 0.25) is 0 Å². The number of piperidine rings is 1. The Morgan fingerprint density at radius 3 is 2.88 bits per heavy atom. The molecule has 1 heterocycles. The van der Waals surface area contributed by atoms with Crippen LogP contribution in [0.3, 0.4) is 0 Å². The van der Waals surface area contributed by atoms with Gasteiger partial charge in [-0.2, -0.15) is 0 Å². The summed E-state index contributed by atoms with van der Waals surface area (Å²) in [6, 6.07) is 6.89. The molecule has 3 rings (SSSR count). The molecule has 1 amide bonds. The average Bonchev–Trinajstić information content (AvgIpc) is 2.88. The fourth-order valence-electron chi connectivity index (χ4n) is 3.70. The highest BCUT2D eigenvalue weighted by molar-refractivity contribution is 5.68. The number of ether oxygens (including phenoxy) is 1. The van der Waals surface area contributed by atoms with Crippen molar-refractivity contribution in [2.45, 2.75) is 64.1 Å². The largest absolute Gasteiger partial charge is 0.444 e. The first-order valence-corrected chi connectivity index (χ1v) is 8.94. The summed E-state index contributed by atoms with van der Waals surface area (Å²) in [6.45, 7) is 7.23. The maximum Gasteiger partial charge on any atom is 0.410 e. The molecule has 0 saturated carbocycles. The van der Waals surface area contributed by atoms with Gasteiger partial charge >= 0.3 is 6.09 Å². The number of nitrogens with one attached hydrogen (secondary N) is 1. The van der Waals surface area contributed by atoms with Crippen LogP contribution in [-0.4, -0.2) is 35.7 Å². The van der Waals surface area contributed by atoms with Gasteiger partial charge in [0.05, 0.1) is 0 Å². The van der Waals surface area contributed by atoms with E-state index in [2.05, 4.69) is 17.4 Å². The number of nitrogen functional groups attached to an aromatic ring is 1. The Kier molecular flexibility index (Phi) is 4.72. The van der Waals surface area contributed by atoms with Gasteiger partial charge in [-0.25, -0.2) is 4.79 Å². The van der Waals surface area contributed by atoms with E-state index in [4.69, 9.17) is 10.5 Å². The van der Waals surface area contributed by atoms with Crippen LogP contribution in [0.15, 0.2) is 18.2 Å². The molecule has 2 aliphatic rings. The van der Waals surface area contributed by atoms with Crippen LogP contribution in [0, 0.1) is 0 Å². The number of fused-ring (bicyclic) bond motifs is 1. The molecule has 3 N–H and O–H groups in total. The number of amides is 1. The number of carbonyl (C=O) groups is 1. The summed E-state index contributed by atoms with van der Waals surface area (Å²) in [5.41, 5.74) is 8.99. The first-order chi connectivity index (χ1) is 11.3. The first kappa shape index (κ1) is 17.1. The Labute approximate surface area is 144 Å². The van der Waals surface area contributed by atoms with Gasteiger partial charge < -0.3 is 20.7 Å². The molecular formula is C19H29N3O2. The number of nitrogens with zero attached hydrogens (tertiary/aromatic N) is 1.